The standard InChI is InChI=1S/C21H24.C13H20.2C12H19N.2CH4/c1-5-17-6-8-18(9-7-17)10-11-19-12-14-20(15-13-19)16-21(2,3)4;1-5-11-6-8-12(9-7-11)10-13(2,3)4;1-5-11-7-6-10(9-13-11)8-12(2,3)4;1-5-10-6-7-11(13-9-10)8-12(2,3)4;;/h6-9,12-15H,5,16H2,1-4H3;6-9H,5,10H2,1-4H3;2*6-7,9H,5,8H2,1-4H3;2*1H4. The van der Waals surface area contributed by atoms with Crippen molar-refractivity contribution in [2.75, 3.05) is 0 Å². The highest BCUT2D eigenvalue weighted by molar-refractivity contribution is 5.44. The number of benzene rings is 3. The third kappa shape index (κ3) is 26.8. The van der Waals surface area contributed by atoms with Crippen LogP contribution in [0.4, 0.5) is 0 Å². The number of hydrogen-bond donors (Lipinski definition) is 0. The van der Waals surface area contributed by atoms with Gasteiger partial charge in [-0.3, -0.25) is 9.97 Å². The highest BCUT2D eigenvalue weighted by Gasteiger charge is 2.13. The lowest BCUT2D eigenvalue weighted by Crippen LogP contribution is -2.10. The zero-order chi connectivity index (χ0) is 45.0. The van der Waals surface area contributed by atoms with Crippen LogP contribution in [-0.2, 0) is 51.4 Å². The summed E-state index contributed by atoms with van der Waals surface area (Å²) in [5.41, 5.74) is 14.2. The van der Waals surface area contributed by atoms with Gasteiger partial charge in [-0.1, -0.05) is 198 Å². The van der Waals surface area contributed by atoms with Crippen molar-refractivity contribution in [3.05, 3.63) is 165 Å². The first-order chi connectivity index (χ1) is 28.0. The summed E-state index contributed by atoms with van der Waals surface area (Å²) in [5, 5.41) is 0. The zero-order valence-electron chi connectivity index (χ0n) is 40.9. The Morgan fingerprint density at radius 2 is 0.613 bits per heavy atom. The van der Waals surface area contributed by atoms with E-state index in [9.17, 15) is 0 Å². The van der Waals surface area contributed by atoms with E-state index in [-0.39, 0.29) is 14.9 Å². The van der Waals surface area contributed by atoms with Crippen molar-refractivity contribution in [2.45, 2.75) is 177 Å². The zero-order valence-corrected chi connectivity index (χ0v) is 40.9. The Labute approximate surface area is 384 Å². The van der Waals surface area contributed by atoms with Crippen LogP contribution in [0.3, 0.4) is 0 Å². The summed E-state index contributed by atoms with van der Waals surface area (Å²) < 4.78 is 0. The molecule has 0 saturated heterocycles. The largest absolute Gasteiger partial charge is 0.261 e. The Morgan fingerprint density at radius 3 is 0.935 bits per heavy atom. The first-order valence-corrected chi connectivity index (χ1v) is 22.6. The van der Waals surface area contributed by atoms with Crippen molar-refractivity contribution in [3.63, 3.8) is 0 Å². The van der Waals surface area contributed by atoms with Crippen LogP contribution in [0.2, 0.25) is 0 Å². The molecule has 2 aromatic heterocycles. The minimum atomic E-state index is 0. The summed E-state index contributed by atoms with van der Waals surface area (Å²) in [7, 11) is 0. The summed E-state index contributed by atoms with van der Waals surface area (Å²) >= 11 is 0. The van der Waals surface area contributed by atoms with Gasteiger partial charge in [0.15, 0.2) is 0 Å². The first kappa shape index (κ1) is 57.5. The molecule has 0 aliphatic heterocycles. The molecule has 0 fully saturated rings. The number of nitrogens with zero attached hydrogens (tertiary/aromatic N) is 2. The fraction of sp³-hybridized carbons (Fsp3) is 0.500. The molecule has 0 amide bonds. The van der Waals surface area contributed by atoms with Crippen molar-refractivity contribution in [3.8, 4) is 11.8 Å². The maximum atomic E-state index is 4.43. The molecule has 62 heavy (non-hydrogen) atoms. The van der Waals surface area contributed by atoms with Crippen LogP contribution in [0.1, 0.15) is 182 Å². The highest BCUT2D eigenvalue weighted by atomic mass is 14.7. The van der Waals surface area contributed by atoms with E-state index in [0.29, 0.717) is 21.7 Å². The number of pyridine rings is 2. The summed E-state index contributed by atoms with van der Waals surface area (Å²) in [6.07, 6.45) is 12.7. The molecular weight excluding hydrogens is 749 g/mol. The second-order valence-corrected chi connectivity index (χ2v) is 21.1. The molecule has 2 nitrogen and oxygen atoms in total. The van der Waals surface area contributed by atoms with Gasteiger partial charge >= 0.3 is 0 Å². The lowest BCUT2D eigenvalue weighted by molar-refractivity contribution is 0.406. The summed E-state index contributed by atoms with van der Waals surface area (Å²) in [6, 6.07) is 34.7. The molecule has 0 atom stereocenters. The number of aromatic nitrogens is 2. The molecule has 0 spiro atoms. The minimum Gasteiger partial charge on any atom is -0.261 e. The second-order valence-electron chi connectivity index (χ2n) is 21.1. The molecular formula is C60H90N2. The summed E-state index contributed by atoms with van der Waals surface area (Å²) in [5.74, 6) is 6.47. The molecule has 340 valence electrons. The van der Waals surface area contributed by atoms with Gasteiger partial charge < -0.3 is 0 Å². The van der Waals surface area contributed by atoms with Gasteiger partial charge in [0, 0.05) is 34.9 Å². The summed E-state index contributed by atoms with van der Waals surface area (Å²) in [4.78, 5) is 8.82. The molecule has 0 aliphatic carbocycles. The summed E-state index contributed by atoms with van der Waals surface area (Å²) in [6.45, 7) is 35.7. The van der Waals surface area contributed by atoms with E-state index >= 15 is 0 Å². The Kier molecular flexibility index (Phi) is 25.6. The third-order valence-corrected chi connectivity index (χ3v) is 9.56. The van der Waals surface area contributed by atoms with Crippen LogP contribution >= 0.6 is 0 Å². The fourth-order valence-electron chi connectivity index (χ4n) is 6.48. The maximum absolute atomic E-state index is 4.43. The van der Waals surface area contributed by atoms with Crippen molar-refractivity contribution >= 4 is 0 Å². The van der Waals surface area contributed by atoms with E-state index < -0.39 is 0 Å². The van der Waals surface area contributed by atoms with Gasteiger partial charge in [-0.15, -0.1) is 0 Å². The van der Waals surface area contributed by atoms with Gasteiger partial charge in [-0.25, -0.2) is 0 Å². The lowest BCUT2D eigenvalue weighted by Gasteiger charge is -2.18. The number of aryl methyl sites for hydroxylation is 4. The lowest BCUT2D eigenvalue weighted by atomic mass is 9.88. The van der Waals surface area contributed by atoms with Crippen LogP contribution in [0.15, 0.2) is 109 Å². The van der Waals surface area contributed by atoms with Gasteiger partial charge in [0.05, 0.1) is 0 Å². The van der Waals surface area contributed by atoms with Gasteiger partial charge in [-0.05, 0) is 143 Å². The van der Waals surface area contributed by atoms with Crippen LogP contribution in [0, 0.1) is 33.5 Å². The van der Waals surface area contributed by atoms with Crippen molar-refractivity contribution in [1.82, 2.24) is 9.97 Å². The molecule has 5 rings (SSSR count). The van der Waals surface area contributed by atoms with E-state index in [1.54, 1.807) is 0 Å². The molecule has 2 heteroatoms. The highest BCUT2D eigenvalue weighted by Crippen LogP contribution is 2.23. The van der Waals surface area contributed by atoms with E-state index in [4.69, 9.17) is 0 Å². The Hall–Kier alpha value is -4.48. The van der Waals surface area contributed by atoms with Crippen molar-refractivity contribution in [2.24, 2.45) is 21.7 Å². The predicted molar refractivity (Wildman–Crippen MR) is 277 cm³/mol. The van der Waals surface area contributed by atoms with Crippen LogP contribution in [0.5, 0.6) is 0 Å². The molecule has 0 saturated carbocycles. The Balaban J connectivity index is 0.000000813. The molecule has 0 aliphatic rings. The Bertz CT molecular complexity index is 1820. The van der Waals surface area contributed by atoms with Gasteiger partial charge in [0.25, 0.3) is 0 Å². The van der Waals surface area contributed by atoms with E-state index in [1.807, 2.05) is 12.4 Å². The van der Waals surface area contributed by atoms with Crippen molar-refractivity contribution in [1.29, 1.82) is 0 Å². The molecule has 3 aromatic carbocycles. The number of rotatable bonds is 8. The monoisotopic (exact) mass is 839 g/mol. The Morgan fingerprint density at radius 1 is 0.323 bits per heavy atom. The number of hydrogen-bond acceptors (Lipinski definition) is 2. The second kappa shape index (κ2) is 27.6. The van der Waals surface area contributed by atoms with Crippen LogP contribution < -0.4 is 0 Å². The molecule has 0 N–H and O–H groups in total. The van der Waals surface area contributed by atoms with Crippen LogP contribution in [0.25, 0.3) is 0 Å². The van der Waals surface area contributed by atoms with E-state index in [1.165, 1.54) is 44.8 Å². The molecule has 0 bridgehead atoms. The van der Waals surface area contributed by atoms with E-state index in [2.05, 4.69) is 230 Å². The minimum absolute atomic E-state index is 0. The van der Waals surface area contributed by atoms with Crippen LogP contribution in [-0.4, -0.2) is 9.97 Å². The van der Waals surface area contributed by atoms with Gasteiger partial charge in [0.2, 0.25) is 0 Å². The smallest absolute Gasteiger partial charge is 0.0409 e. The first-order valence-electron chi connectivity index (χ1n) is 22.6. The average molecular weight is 839 g/mol. The average Bonchev–Trinajstić information content (AvgIpc) is 3.17. The quantitative estimate of drug-likeness (QED) is 0.146. The van der Waals surface area contributed by atoms with Gasteiger partial charge in [0.1, 0.15) is 0 Å². The predicted octanol–water partition coefficient (Wildman–Crippen LogP) is 16.8. The SMILES string of the molecule is C.C.CCc1ccc(C#Cc2ccc(CC(C)(C)C)cc2)cc1.CCc1ccc(CC(C)(C)C)cc1.CCc1ccc(CC(C)(C)C)cn1.CCc1ccc(CC(C)(C)C)nc1. The molecule has 2 heterocycles. The third-order valence-electron chi connectivity index (χ3n) is 9.56. The van der Waals surface area contributed by atoms with Gasteiger partial charge in [-0.2, -0.15) is 0 Å². The molecule has 0 radical (unpaired) electrons. The molecule has 5 aromatic rings. The fourth-order valence-corrected chi connectivity index (χ4v) is 6.48. The van der Waals surface area contributed by atoms with E-state index in [0.717, 1.165) is 62.5 Å². The van der Waals surface area contributed by atoms with Crippen molar-refractivity contribution < 1.29 is 0 Å². The normalized spacial score (nSPS) is 11.0. The maximum Gasteiger partial charge on any atom is 0.0409 e. The molecule has 0 unspecified atom stereocenters. The topological polar surface area (TPSA) is 25.8 Å².